The molecule has 2 aromatic rings. The van der Waals surface area contributed by atoms with Crippen molar-refractivity contribution in [3.05, 3.63) is 77.9 Å². The van der Waals surface area contributed by atoms with Crippen molar-refractivity contribution in [3.63, 3.8) is 0 Å². The maximum Gasteiger partial charge on any atom is 0.325 e. The molecule has 112 valence electrons. The molecule has 0 bridgehead atoms. The Hall–Kier alpha value is -2.88. The predicted octanol–water partition coefficient (Wildman–Crippen LogP) is 2.56. The number of ether oxygens (including phenoxy) is 1. The van der Waals surface area contributed by atoms with Crippen molar-refractivity contribution in [2.24, 2.45) is 0 Å². The van der Waals surface area contributed by atoms with E-state index in [-0.39, 0.29) is 19.1 Å². The molecule has 0 saturated carbocycles. The smallest absolute Gasteiger partial charge is 0.325 e. The van der Waals surface area contributed by atoms with E-state index in [1.807, 2.05) is 60.7 Å². The Bertz CT molecular complexity index is 636. The largest absolute Gasteiger partial charge is 0.460 e. The Morgan fingerprint density at radius 1 is 0.955 bits per heavy atom. The van der Waals surface area contributed by atoms with Gasteiger partial charge in [-0.15, -0.1) is 0 Å². The van der Waals surface area contributed by atoms with Crippen LogP contribution in [0.4, 0.5) is 0 Å². The maximum atomic E-state index is 11.6. The Balaban J connectivity index is 1.69. The third kappa shape index (κ3) is 5.63. The fourth-order valence-corrected chi connectivity index (χ4v) is 1.74. The first-order valence-corrected chi connectivity index (χ1v) is 6.94. The number of hydrogen-bond acceptors (Lipinski definition) is 3. The minimum absolute atomic E-state index is 0.148. The second kappa shape index (κ2) is 8.42. The molecular formula is C18H17NO3. The summed E-state index contributed by atoms with van der Waals surface area (Å²) in [5.74, 6) is -0.800. The van der Waals surface area contributed by atoms with Gasteiger partial charge in [0.05, 0.1) is 0 Å². The summed E-state index contributed by atoms with van der Waals surface area (Å²) in [6.07, 6.45) is 3.07. The Morgan fingerprint density at radius 3 is 2.27 bits per heavy atom. The highest BCUT2D eigenvalue weighted by atomic mass is 16.5. The van der Waals surface area contributed by atoms with E-state index in [2.05, 4.69) is 5.32 Å². The van der Waals surface area contributed by atoms with Gasteiger partial charge in [0.1, 0.15) is 13.2 Å². The molecule has 2 aromatic carbocycles. The van der Waals surface area contributed by atoms with E-state index < -0.39 is 5.97 Å². The van der Waals surface area contributed by atoms with Gasteiger partial charge in [-0.25, -0.2) is 0 Å². The van der Waals surface area contributed by atoms with Gasteiger partial charge in [-0.3, -0.25) is 9.59 Å². The molecule has 22 heavy (non-hydrogen) atoms. The van der Waals surface area contributed by atoms with Crippen molar-refractivity contribution in [1.82, 2.24) is 5.32 Å². The molecule has 4 heteroatoms. The van der Waals surface area contributed by atoms with Gasteiger partial charge >= 0.3 is 5.97 Å². The van der Waals surface area contributed by atoms with Gasteiger partial charge in [0.25, 0.3) is 0 Å². The quantitative estimate of drug-likeness (QED) is 0.658. The summed E-state index contributed by atoms with van der Waals surface area (Å²) in [6.45, 7) is 0.0557. The minimum Gasteiger partial charge on any atom is -0.460 e. The minimum atomic E-state index is -0.467. The molecule has 0 heterocycles. The highest BCUT2D eigenvalue weighted by molar-refractivity contribution is 5.93. The molecule has 1 amide bonds. The van der Waals surface area contributed by atoms with Gasteiger partial charge in [0, 0.05) is 6.08 Å². The van der Waals surface area contributed by atoms with Gasteiger partial charge in [-0.2, -0.15) is 0 Å². The maximum absolute atomic E-state index is 11.6. The first-order valence-electron chi connectivity index (χ1n) is 6.94. The first kappa shape index (κ1) is 15.5. The number of hydrogen-bond donors (Lipinski definition) is 1. The number of amides is 1. The van der Waals surface area contributed by atoms with E-state index >= 15 is 0 Å². The van der Waals surface area contributed by atoms with Crippen molar-refractivity contribution in [3.8, 4) is 0 Å². The van der Waals surface area contributed by atoms with Crippen LogP contribution >= 0.6 is 0 Å². The fourth-order valence-electron chi connectivity index (χ4n) is 1.74. The lowest BCUT2D eigenvalue weighted by Crippen LogP contribution is -2.29. The Morgan fingerprint density at radius 2 is 1.59 bits per heavy atom. The summed E-state index contributed by atoms with van der Waals surface area (Å²) in [5, 5.41) is 2.49. The predicted molar refractivity (Wildman–Crippen MR) is 84.7 cm³/mol. The van der Waals surface area contributed by atoms with E-state index in [0.717, 1.165) is 11.1 Å². The standard InChI is InChI=1S/C18H17NO3/c20-17(12-11-15-7-3-1-4-8-15)19-13-18(21)22-14-16-9-5-2-6-10-16/h1-12H,13-14H2,(H,19,20)/b12-11+. The highest BCUT2D eigenvalue weighted by Gasteiger charge is 2.04. The van der Waals surface area contributed by atoms with E-state index in [0.29, 0.717) is 0 Å². The van der Waals surface area contributed by atoms with Crippen molar-refractivity contribution < 1.29 is 14.3 Å². The van der Waals surface area contributed by atoms with Crippen molar-refractivity contribution in [2.75, 3.05) is 6.54 Å². The molecule has 0 saturated heterocycles. The molecule has 2 rings (SSSR count). The SMILES string of the molecule is O=C(/C=C/c1ccccc1)NCC(=O)OCc1ccccc1. The third-order valence-electron chi connectivity index (χ3n) is 2.88. The van der Waals surface area contributed by atoms with Crippen LogP contribution in [0.5, 0.6) is 0 Å². The van der Waals surface area contributed by atoms with Gasteiger partial charge in [0.2, 0.25) is 5.91 Å². The summed E-state index contributed by atoms with van der Waals surface area (Å²) in [5.41, 5.74) is 1.83. The molecule has 0 aliphatic rings. The van der Waals surface area contributed by atoms with Crippen LogP contribution in [-0.4, -0.2) is 18.4 Å². The summed E-state index contributed by atoms with van der Waals surface area (Å²) in [6, 6.07) is 18.8. The zero-order valence-corrected chi connectivity index (χ0v) is 12.1. The van der Waals surface area contributed by atoms with Crippen LogP contribution in [0.25, 0.3) is 6.08 Å². The number of carbonyl (C=O) groups excluding carboxylic acids is 2. The second-order valence-corrected chi connectivity index (χ2v) is 4.61. The number of benzene rings is 2. The zero-order chi connectivity index (χ0) is 15.6. The summed E-state index contributed by atoms with van der Waals surface area (Å²) >= 11 is 0. The number of carbonyl (C=O) groups is 2. The molecule has 0 unspecified atom stereocenters. The van der Waals surface area contributed by atoms with Crippen LogP contribution in [0.2, 0.25) is 0 Å². The molecule has 0 atom stereocenters. The first-order chi connectivity index (χ1) is 10.7. The highest BCUT2D eigenvalue weighted by Crippen LogP contribution is 2.01. The van der Waals surface area contributed by atoms with Crippen LogP contribution in [0.3, 0.4) is 0 Å². The van der Waals surface area contributed by atoms with Gasteiger partial charge in [0.15, 0.2) is 0 Å². The molecule has 1 N–H and O–H groups in total. The van der Waals surface area contributed by atoms with Crippen molar-refractivity contribution in [2.45, 2.75) is 6.61 Å². The van der Waals surface area contributed by atoms with Crippen LogP contribution in [0, 0.1) is 0 Å². The van der Waals surface area contributed by atoms with Crippen LogP contribution in [0.1, 0.15) is 11.1 Å². The van der Waals surface area contributed by atoms with Gasteiger partial charge < -0.3 is 10.1 Å². The normalized spacial score (nSPS) is 10.4. The van der Waals surface area contributed by atoms with Crippen molar-refractivity contribution >= 4 is 18.0 Å². The average Bonchev–Trinajstić information content (AvgIpc) is 2.58. The van der Waals surface area contributed by atoms with Gasteiger partial charge in [-0.1, -0.05) is 60.7 Å². The average molecular weight is 295 g/mol. The second-order valence-electron chi connectivity index (χ2n) is 4.61. The van der Waals surface area contributed by atoms with E-state index in [9.17, 15) is 9.59 Å². The number of rotatable bonds is 6. The molecule has 0 aliphatic heterocycles. The molecule has 0 fully saturated rings. The topological polar surface area (TPSA) is 55.4 Å². The van der Waals surface area contributed by atoms with Crippen LogP contribution in [0.15, 0.2) is 66.7 Å². The lowest BCUT2D eigenvalue weighted by molar-refractivity contribution is -0.144. The number of nitrogens with one attached hydrogen (secondary N) is 1. The monoisotopic (exact) mass is 295 g/mol. The summed E-state index contributed by atoms with van der Waals surface area (Å²) < 4.78 is 5.06. The Labute approximate surface area is 129 Å². The van der Waals surface area contributed by atoms with E-state index in [1.165, 1.54) is 6.08 Å². The molecule has 4 nitrogen and oxygen atoms in total. The summed E-state index contributed by atoms with van der Waals surface area (Å²) in [4.78, 5) is 23.1. The third-order valence-corrected chi connectivity index (χ3v) is 2.88. The van der Waals surface area contributed by atoms with Crippen LogP contribution < -0.4 is 5.32 Å². The lowest BCUT2D eigenvalue weighted by atomic mass is 10.2. The zero-order valence-electron chi connectivity index (χ0n) is 12.1. The fraction of sp³-hybridized carbons (Fsp3) is 0.111. The molecule has 0 radical (unpaired) electrons. The lowest BCUT2D eigenvalue weighted by Gasteiger charge is -2.05. The summed E-state index contributed by atoms with van der Waals surface area (Å²) in [7, 11) is 0. The molecule has 0 aliphatic carbocycles. The molecule has 0 aromatic heterocycles. The van der Waals surface area contributed by atoms with Crippen molar-refractivity contribution in [1.29, 1.82) is 0 Å². The molecule has 0 spiro atoms. The number of esters is 1. The van der Waals surface area contributed by atoms with Gasteiger partial charge in [-0.05, 0) is 17.2 Å². The van der Waals surface area contributed by atoms with E-state index in [1.54, 1.807) is 6.08 Å². The molecular weight excluding hydrogens is 278 g/mol. The Kier molecular flexibility index (Phi) is 5.93. The van der Waals surface area contributed by atoms with E-state index in [4.69, 9.17) is 4.74 Å². The van der Waals surface area contributed by atoms with Crippen LogP contribution in [-0.2, 0) is 20.9 Å².